The molecule has 14 heavy (non-hydrogen) atoms. The maximum atomic E-state index is 5.90. The molecule has 0 aliphatic heterocycles. The van der Waals surface area contributed by atoms with Crippen molar-refractivity contribution in [1.82, 2.24) is 10.1 Å². The lowest BCUT2D eigenvalue weighted by molar-refractivity contribution is 0.412. The minimum Gasteiger partial charge on any atom is -0.378 e. The molecular formula is C9H8ClN3O. The largest absolute Gasteiger partial charge is 0.378 e. The van der Waals surface area contributed by atoms with Crippen molar-refractivity contribution in [3.63, 3.8) is 0 Å². The van der Waals surface area contributed by atoms with Gasteiger partial charge in [0.05, 0.1) is 17.3 Å². The van der Waals surface area contributed by atoms with Crippen LogP contribution in [0.2, 0.25) is 5.02 Å². The zero-order valence-electron chi connectivity index (χ0n) is 7.27. The van der Waals surface area contributed by atoms with Crippen molar-refractivity contribution in [3.8, 4) is 0 Å². The van der Waals surface area contributed by atoms with E-state index in [9.17, 15) is 0 Å². The van der Waals surface area contributed by atoms with E-state index in [4.69, 9.17) is 16.1 Å². The van der Waals surface area contributed by atoms with Crippen LogP contribution in [0, 0.1) is 0 Å². The Morgan fingerprint density at radius 2 is 2.36 bits per heavy atom. The van der Waals surface area contributed by atoms with Crippen LogP contribution in [0.5, 0.6) is 0 Å². The molecule has 0 aromatic carbocycles. The first-order chi connectivity index (χ1) is 6.86. The molecule has 5 heteroatoms. The minimum absolute atomic E-state index is 0.584. The number of rotatable bonds is 3. The van der Waals surface area contributed by atoms with Crippen LogP contribution in [-0.2, 0) is 6.54 Å². The summed E-state index contributed by atoms with van der Waals surface area (Å²) >= 11 is 5.90. The lowest BCUT2D eigenvalue weighted by Crippen LogP contribution is -1.99. The number of nitrogens with one attached hydrogen (secondary N) is 1. The SMILES string of the molecule is Clc1cnccc1NCc1ccon1. The van der Waals surface area contributed by atoms with E-state index < -0.39 is 0 Å². The van der Waals surface area contributed by atoms with Crippen LogP contribution < -0.4 is 5.32 Å². The summed E-state index contributed by atoms with van der Waals surface area (Å²) in [5.41, 5.74) is 1.67. The Balaban J connectivity index is 2.02. The Hall–Kier alpha value is -1.55. The second-order valence-corrected chi connectivity index (χ2v) is 3.11. The summed E-state index contributed by atoms with van der Waals surface area (Å²) in [6.07, 6.45) is 4.80. The minimum atomic E-state index is 0.584. The highest BCUT2D eigenvalue weighted by molar-refractivity contribution is 6.33. The van der Waals surface area contributed by atoms with E-state index in [1.807, 2.05) is 6.07 Å². The fraction of sp³-hybridized carbons (Fsp3) is 0.111. The average Bonchev–Trinajstić information content (AvgIpc) is 2.69. The van der Waals surface area contributed by atoms with Gasteiger partial charge in [0, 0.05) is 18.5 Å². The molecule has 0 unspecified atom stereocenters. The fourth-order valence-corrected chi connectivity index (χ4v) is 1.22. The smallest absolute Gasteiger partial charge is 0.124 e. The molecule has 72 valence electrons. The van der Waals surface area contributed by atoms with Crippen molar-refractivity contribution < 1.29 is 4.52 Å². The zero-order valence-corrected chi connectivity index (χ0v) is 8.03. The Kier molecular flexibility index (Phi) is 2.65. The quantitative estimate of drug-likeness (QED) is 0.843. The van der Waals surface area contributed by atoms with Crippen molar-refractivity contribution in [2.45, 2.75) is 6.54 Å². The highest BCUT2D eigenvalue weighted by Crippen LogP contribution is 2.19. The first kappa shape index (κ1) is 9.02. The molecule has 0 aliphatic carbocycles. The van der Waals surface area contributed by atoms with Crippen molar-refractivity contribution in [1.29, 1.82) is 0 Å². The number of aromatic nitrogens is 2. The molecule has 0 saturated heterocycles. The third-order valence-corrected chi connectivity index (χ3v) is 2.02. The van der Waals surface area contributed by atoms with Gasteiger partial charge in [0.1, 0.15) is 12.0 Å². The lowest BCUT2D eigenvalue weighted by atomic mass is 10.3. The van der Waals surface area contributed by atoms with E-state index in [1.54, 1.807) is 18.5 Å². The molecule has 1 N–H and O–H groups in total. The normalized spacial score (nSPS) is 10.1. The van der Waals surface area contributed by atoms with Crippen molar-refractivity contribution in [2.24, 2.45) is 0 Å². The summed E-state index contributed by atoms with van der Waals surface area (Å²) < 4.78 is 4.70. The predicted octanol–water partition coefficient (Wildman–Crippen LogP) is 2.34. The molecule has 2 rings (SSSR count). The topological polar surface area (TPSA) is 51.0 Å². The molecule has 2 aromatic rings. The molecule has 0 radical (unpaired) electrons. The Bertz CT molecular complexity index is 402. The molecule has 0 bridgehead atoms. The van der Waals surface area contributed by atoms with Crippen LogP contribution in [-0.4, -0.2) is 10.1 Å². The third kappa shape index (κ3) is 2.03. The van der Waals surface area contributed by atoms with Gasteiger partial charge in [-0.1, -0.05) is 16.8 Å². The van der Waals surface area contributed by atoms with Crippen LogP contribution in [0.15, 0.2) is 35.3 Å². The van der Waals surface area contributed by atoms with Gasteiger partial charge >= 0.3 is 0 Å². The van der Waals surface area contributed by atoms with Gasteiger partial charge in [0.25, 0.3) is 0 Å². The van der Waals surface area contributed by atoms with E-state index in [0.717, 1.165) is 11.4 Å². The number of hydrogen-bond acceptors (Lipinski definition) is 4. The molecular weight excluding hydrogens is 202 g/mol. The number of pyridine rings is 1. The fourth-order valence-electron chi connectivity index (χ4n) is 1.03. The lowest BCUT2D eigenvalue weighted by Gasteiger charge is -2.04. The summed E-state index contributed by atoms with van der Waals surface area (Å²) in [6, 6.07) is 3.60. The molecule has 0 spiro atoms. The Labute approximate surface area is 85.9 Å². The summed E-state index contributed by atoms with van der Waals surface area (Å²) in [6.45, 7) is 0.584. The van der Waals surface area contributed by atoms with Gasteiger partial charge in [-0.2, -0.15) is 0 Å². The number of anilines is 1. The monoisotopic (exact) mass is 209 g/mol. The average molecular weight is 210 g/mol. The Morgan fingerprint density at radius 3 is 3.07 bits per heavy atom. The summed E-state index contributed by atoms with van der Waals surface area (Å²) in [5.74, 6) is 0. The summed E-state index contributed by atoms with van der Waals surface area (Å²) in [4.78, 5) is 3.88. The second-order valence-electron chi connectivity index (χ2n) is 2.70. The standard InChI is InChI=1S/C9H8ClN3O/c10-8-6-11-3-1-9(8)12-5-7-2-4-14-13-7/h1-4,6H,5H2,(H,11,12). The maximum Gasteiger partial charge on any atom is 0.124 e. The van der Waals surface area contributed by atoms with Gasteiger partial charge in [-0.25, -0.2) is 0 Å². The van der Waals surface area contributed by atoms with E-state index in [2.05, 4.69) is 15.5 Å². The third-order valence-electron chi connectivity index (χ3n) is 1.72. The number of nitrogens with zero attached hydrogens (tertiary/aromatic N) is 2. The second kappa shape index (κ2) is 4.11. The zero-order chi connectivity index (χ0) is 9.80. The Morgan fingerprint density at radius 1 is 1.43 bits per heavy atom. The maximum absolute atomic E-state index is 5.90. The summed E-state index contributed by atoms with van der Waals surface area (Å²) in [7, 11) is 0. The molecule has 0 saturated carbocycles. The highest BCUT2D eigenvalue weighted by Gasteiger charge is 2.00. The molecule has 0 amide bonds. The molecule has 4 nitrogen and oxygen atoms in total. The van der Waals surface area contributed by atoms with Gasteiger partial charge in [-0.3, -0.25) is 4.98 Å². The molecule has 0 atom stereocenters. The van der Waals surface area contributed by atoms with Gasteiger partial charge in [0.2, 0.25) is 0 Å². The molecule has 2 aromatic heterocycles. The van der Waals surface area contributed by atoms with Crippen LogP contribution in [0.3, 0.4) is 0 Å². The van der Waals surface area contributed by atoms with Crippen molar-refractivity contribution >= 4 is 17.3 Å². The van der Waals surface area contributed by atoms with E-state index in [1.165, 1.54) is 6.26 Å². The van der Waals surface area contributed by atoms with Gasteiger partial charge in [-0.15, -0.1) is 0 Å². The summed E-state index contributed by atoms with van der Waals surface area (Å²) in [5, 5.41) is 7.48. The number of halogens is 1. The predicted molar refractivity (Wildman–Crippen MR) is 53.1 cm³/mol. The van der Waals surface area contributed by atoms with Gasteiger partial charge < -0.3 is 9.84 Å². The first-order valence-corrected chi connectivity index (χ1v) is 4.47. The van der Waals surface area contributed by atoms with Crippen LogP contribution in [0.4, 0.5) is 5.69 Å². The van der Waals surface area contributed by atoms with Crippen molar-refractivity contribution in [2.75, 3.05) is 5.32 Å². The molecule has 0 fully saturated rings. The van der Waals surface area contributed by atoms with Gasteiger partial charge in [0.15, 0.2) is 0 Å². The first-order valence-electron chi connectivity index (χ1n) is 4.09. The van der Waals surface area contributed by atoms with E-state index >= 15 is 0 Å². The van der Waals surface area contributed by atoms with Crippen LogP contribution in [0.1, 0.15) is 5.69 Å². The molecule has 0 aliphatic rings. The number of hydrogen-bond donors (Lipinski definition) is 1. The van der Waals surface area contributed by atoms with Crippen LogP contribution in [0.25, 0.3) is 0 Å². The molecule has 2 heterocycles. The van der Waals surface area contributed by atoms with Gasteiger partial charge in [-0.05, 0) is 6.07 Å². The highest BCUT2D eigenvalue weighted by atomic mass is 35.5. The van der Waals surface area contributed by atoms with E-state index in [0.29, 0.717) is 11.6 Å². The van der Waals surface area contributed by atoms with Crippen molar-refractivity contribution in [3.05, 3.63) is 41.5 Å². The van der Waals surface area contributed by atoms with Crippen LogP contribution >= 0.6 is 11.6 Å². The van der Waals surface area contributed by atoms with E-state index in [-0.39, 0.29) is 0 Å².